The minimum Gasteiger partial charge on any atom is -0.481 e. The van der Waals surface area contributed by atoms with E-state index in [0.29, 0.717) is 5.92 Å². The fourth-order valence-corrected chi connectivity index (χ4v) is 6.50. The summed E-state index contributed by atoms with van der Waals surface area (Å²) in [6.45, 7) is 7.15. The first-order valence-electron chi connectivity index (χ1n) is 13.3. The number of aromatic nitrogens is 1. The van der Waals surface area contributed by atoms with Gasteiger partial charge in [0.25, 0.3) is 0 Å². The van der Waals surface area contributed by atoms with Crippen molar-refractivity contribution in [2.75, 3.05) is 62.7 Å². The number of fused-ring (bicyclic) bond motifs is 1. The summed E-state index contributed by atoms with van der Waals surface area (Å²) in [6, 6.07) is 11.0. The van der Waals surface area contributed by atoms with Crippen molar-refractivity contribution in [2.45, 2.75) is 44.4 Å². The summed E-state index contributed by atoms with van der Waals surface area (Å²) in [5.74, 6) is 0.983. The molecule has 0 unspecified atom stereocenters. The van der Waals surface area contributed by atoms with E-state index in [1.807, 2.05) is 0 Å². The first-order chi connectivity index (χ1) is 17.5. The number of halogens is 1. The number of nitrogens with zero attached hydrogens (tertiary/aromatic N) is 3. The standard InChI is InChI=1S/C28H37IN4O3/c29-24-14-22(15-26(17-24)33-10-12-36-13-11-33)23(16-27(34)35)19-32-9-7-20(18-32)3-5-25-6-4-21-2-1-8-30-28(21)31-25/h4,6,14-15,17,20,23H,1-3,5,7-13,16,18-19H2,(H,30,31)(H,34,35)/t20-,23-/m1/s1. The van der Waals surface area contributed by atoms with E-state index in [0.717, 1.165) is 86.7 Å². The molecular formula is C28H37IN4O3. The molecule has 2 N–H and O–H groups in total. The number of carbonyl (C=O) groups is 1. The van der Waals surface area contributed by atoms with E-state index >= 15 is 0 Å². The fraction of sp³-hybridized carbons (Fsp3) is 0.571. The van der Waals surface area contributed by atoms with Crippen LogP contribution in [0.5, 0.6) is 0 Å². The Kier molecular flexibility index (Phi) is 8.64. The molecule has 3 aliphatic rings. The number of morpholine rings is 1. The predicted octanol–water partition coefficient (Wildman–Crippen LogP) is 4.39. The van der Waals surface area contributed by atoms with Crippen molar-refractivity contribution < 1.29 is 14.6 Å². The van der Waals surface area contributed by atoms with E-state index in [1.54, 1.807) is 0 Å². The first-order valence-corrected chi connectivity index (χ1v) is 14.4. The van der Waals surface area contributed by atoms with Gasteiger partial charge in [0.2, 0.25) is 0 Å². The van der Waals surface area contributed by atoms with Gasteiger partial charge in [-0.15, -0.1) is 0 Å². The minimum atomic E-state index is -0.727. The molecule has 7 nitrogen and oxygen atoms in total. The predicted molar refractivity (Wildman–Crippen MR) is 151 cm³/mol. The lowest BCUT2D eigenvalue weighted by atomic mass is 9.94. The molecule has 2 aromatic rings. The van der Waals surface area contributed by atoms with Crippen molar-refractivity contribution in [3.63, 3.8) is 0 Å². The number of hydrogen-bond donors (Lipinski definition) is 2. The van der Waals surface area contributed by atoms with Crippen molar-refractivity contribution >= 4 is 40.1 Å². The van der Waals surface area contributed by atoms with E-state index < -0.39 is 5.97 Å². The maximum Gasteiger partial charge on any atom is 0.304 e. The van der Waals surface area contributed by atoms with Gasteiger partial charge in [-0.3, -0.25) is 4.79 Å². The summed E-state index contributed by atoms with van der Waals surface area (Å²) < 4.78 is 6.68. The Morgan fingerprint density at radius 2 is 2.08 bits per heavy atom. The average Bonchev–Trinajstić information content (AvgIpc) is 3.34. The molecule has 0 bridgehead atoms. The van der Waals surface area contributed by atoms with Gasteiger partial charge in [0.1, 0.15) is 5.82 Å². The third kappa shape index (κ3) is 6.69. The summed E-state index contributed by atoms with van der Waals surface area (Å²) in [5, 5.41) is 13.1. The van der Waals surface area contributed by atoms with Crippen molar-refractivity contribution in [3.8, 4) is 0 Å². The van der Waals surface area contributed by atoms with E-state index in [2.05, 4.69) is 68.0 Å². The van der Waals surface area contributed by atoms with Crippen LogP contribution < -0.4 is 10.2 Å². The topological polar surface area (TPSA) is 77.9 Å². The minimum absolute atomic E-state index is 0.0101. The molecule has 0 radical (unpaired) electrons. The van der Waals surface area contributed by atoms with Gasteiger partial charge in [0.05, 0.1) is 19.6 Å². The SMILES string of the molecule is O=C(O)C[C@H](CN1CC[C@@H](CCc2ccc3c(n2)NCCC3)C1)c1cc(I)cc(N2CCOCC2)c1. The summed E-state index contributed by atoms with van der Waals surface area (Å²) in [6.07, 6.45) is 5.79. The van der Waals surface area contributed by atoms with Gasteiger partial charge < -0.3 is 25.0 Å². The molecule has 1 aromatic carbocycles. The number of likely N-dealkylation sites (tertiary alicyclic amines) is 1. The van der Waals surface area contributed by atoms with Crippen LogP contribution in [0.4, 0.5) is 11.5 Å². The quantitative estimate of drug-likeness (QED) is 0.412. The summed E-state index contributed by atoms with van der Waals surface area (Å²) in [7, 11) is 0. The van der Waals surface area contributed by atoms with Crippen LogP contribution in [0.1, 0.15) is 48.4 Å². The second-order valence-electron chi connectivity index (χ2n) is 10.4. The zero-order valence-corrected chi connectivity index (χ0v) is 23.1. The lowest BCUT2D eigenvalue weighted by molar-refractivity contribution is -0.137. The molecule has 0 aliphatic carbocycles. The number of carboxylic acids is 1. The van der Waals surface area contributed by atoms with Gasteiger partial charge in [-0.25, -0.2) is 4.98 Å². The van der Waals surface area contributed by atoms with Crippen molar-refractivity contribution in [3.05, 3.63) is 50.7 Å². The number of hydrogen-bond acceptors (Lipinski definition) is 6. The molecule has 194 valence electrons. The van der Waals surface area contributed by atoms with Crippen LogP contribution in [0.2, 0.25) is 0 Å². The summed E-state index contributed by atoms with van der Waals surface area (Å²) >= 11 is 2.36. The van der Waals surface area contributed by atoms with Gasteiger partial charge in [-0.1, -0.05) is 6.07 Å². The van der Waals surface area contributed by atoms with Crippen LogP contribution in [0.15, 0.2) is 30.3 Å². The fourth-order valence-electron chi connectivity index (χ4n) is 5.82. The molecule has 36 heavy (non-hydrogen) atoms. The molecule has 2 atom stereocenters. The van der Waals surface area contributed by atoms with Gasteiger partial charge in [-0.05, 0) is 103 Å². The first kappa shape index (κ1) is 25.7. The Balaban J connectivity index is 1.20. The zero-order valence-electron chi connectivity index (χ0n) is 20.9. The van der Waals surface area contributed by atoms with E-state index in [9.17, 15) is 9.90 Å². The third-order valence-electron chi connectivity index (χ3n) is 7.78. The monoisotopic (exact) mass is 604 g/mol. The maximum atomic E-state index is 11.8. The average molecular weight is 605 g/mol. The normalized spacial score (nSPS) is 21.1. The number of nitrogens with one attached hydrogen (secondary N) is 1. The zero-order chi connectivity index (χ0) is 24.9. The van der Waals surface area contributed by atoms with Gasteiger partial charge >= 0.3 is 5.97 Å². The number of ether oxygens (including phenoxy) is 1. The number of rotatable bonds is 9. The number of carboxylic acid groups (broad SMARTS) is 1. The number of pyridine rings is 1. The Bertz CT molecular complexity index is 1060. The molecule has 3 aliphatic heterocycles. The highest BCUT2D eigenvalue weighted by Crippen LogP contribution is 2.31. The Hall–Kier alpha value is -1.91. The van der Waals surface area contributed by atoms with Crippen molar-refractivity contribution in [2.24, 2.45) is 5.92 Å². The Labute approximate surface area is 227 Å². The molecule has 0 spiro atoms. The second kappa shape index (κ2) is 12.1. The molecule has 4 heterocycles. The molecule has 0 saturated carbocycles. The largest absolute Gasteiger partial charge is 0.481 e. The number of benzene rings is 1. The molecule has 2 fully saturated rings. The molecule has 0 amide bonds. The van der Waals surface area contributed by atoms with E-state index in [-0.39, 0.29) is 12.3 Å². The number of aryl methyl sites for hydroxylation is 2. The van der Waals surface area contributed by atoms with Crippen LogP contribution >= 0.6 is 22.6 Å². The third-order valence-corrected chi connectivity index (χ3v) is 8.41. The van der Waals surface area contributed by atoms with Crippen LogP contribution in [0.3, 0.4) is 0 Å². The van der Waals surface area contributed by atoms with Crippen molar-refractivity contribution in [1.29, 1.82) is 0 Å². The smallest absolute Gasteiger partial charge is 0.304 e. The van der Waals surface area contributed by atoms with Gasteiger partial charge in [-0.2, -0.15) is 0 Å². The van der Waals surface area contributed by atoms with Crippen LogP contribution in [0, 0.1) is 9.49 Å². The van der Waals surface area contributed by atoms with Crippen LogP contribution in [0.25, 0.3) is 0 Å². The summed E-state index contributed by atoms with van der Waals surface area (Å²) in [4.78, 5) is 21.5. The van der Waals surface area contributed by atoms with E-state index in [1.165, 1.54) is 29.8 Å². The van der Waals surface area contributed by atoms with Crippen molar-refractivity contribution in [1.82, 2.24) is 9.88 Å². The van der Waals surface area contributed by atoms with Gasteiger partial charge in [0.15, 0.2) is 0 Å². The summed E-state index contributed by atoms with van der Waals surface area (Å²) in [5.41, 5.74) is 4.84. The lowest BCUT2D eigenvalue weighted by Gasteiger charge is -2.30. The molecule has 5 rings (SSSR count). The molecular weight excluding hydrogens is 567 g/mol. The highest BCUT2D eigenvalue weighted by atomic mass is 127. The number of aliphatic carboxylic acids is 1. The van der Waals surface area contributed by atoms with Gasteiger partial charge in [0, 0.05) is 53.6 Å². The molecule has 1 aromatic heterocycles. The number of anilines is 2. The maximum absolute atomic E-state index is 11.8. The Morgan fingerprint density at radius 1 is 1.22 bits per heavy atom. The molecule has 2 saturated heterocycles. The van der Waals surface area contributed by atoms with Crippen LogP contribution in [-0.2, 0) is 22.4 Å². The molecule has 8 heteroatoms. The highest BCUT2D eigenvalue weighted by Gasteiger charge is 2.27. The second-order valence-corrected chi connectivity index (χ2v) is 11.7. The van der Waals surface area contributed by atoms with E-state index in [4.69, 9.17) is 9.72 Å². The lowest BCUT2D eigenvalue weighted by Crippen LogP contribution is -2.36. The Morgan fingerprint density at radius 3 is 2.92 bits per heavy atom. The van der Waals surface area contributed by atoms with Crippen LogP contribution in [-0.4, -0.2) is 73.4 Å². The highest BCUT2D eigenvalue weighted by molar-refractivity contribution is 14.1.